The molecule has 0 bridgehead atoms. The monoisotopic (exact) mass is 291 g/mol. The molecule has 21 heavy (non-hydrogen) atoms. The second-order valence-corrected chi connectivity index (χ2v) is 6.61. The molecular weight excluding hydrogens is 266 g/mol. The maximum Gasteiger partial charge on any atom is 0.114 e. The van der Waals surface area contributed by atoms with Crippen molar-refractivity contribution in [3.8, 4) is 0 Å². The minimum Gasteiger partial charge on any atom is -0.381 e. The van der Waals surface area contributed by atoms with E-state index in [2.05, 4.69) is 16.2 Å². The van der Waals surface area contributed by atoms with Crippen LogP contribution in [0.25, 0.3) is 0 Å². The summed E-state index contributed by atoms with van der Waals surface area (Å²) in [5.74, 6) is 0.867. The summed E-state index contributed by atoms with van der Waals surface area (Å²) in [5, 5.41) is 8.44. The van der Waals surface area contributed by atoms with Crippen LogP contribution in [0.1, 0.15) is 43.0 Å². The maximum atomic E-state index is 5.96. The second-order valence-electron chi connectivity index (χ2n) is 6.61. The third-order valence-corrected chi connectivity index (χ3v) is 4.82. The van der Waals surface area contributed by atoms with Gasteiger partial charge in [-0.25, -0.2) is 0 Å². The van der Waals surface area contributed by atoms with Gasteiger partial charge in [0.1, 0.15) is 6.10 Å². The van der Waals surface area contributed by atoms with Crippen LogP contribution in [0.2, 0.25) is 0 Å². The van der Waals surface area contributed by atoms with E-state index in [9.17, 15) is 0 Å². The molecule has 1 atom stereocenters. The Balaban J connectivity index is 1.38. The fourth-order valence-corrected chi connectivity index (χ4v) is 3.32. The Hall–Kier alpha value is -0.910. The molecular formula is C16H25N3O2. The second kappa shape index (κ2) is 6.07. The first-order valence-electron chi connectivity index (χ1n) is 8.37. The van der Waals surface area contributed by atoms with Crippen molar-refractivity contribution >= 4 is 0 Å². The first-order chi connectivity index (χ1) is 10.4. The lowest BCUT2D eigenvalue weighted by molar-refractivity contribution is 0.0297. The standard InChI is InChI=1S/C16H25N3O2/c1-2-12(1)10-19-11-13-3-8-21-15(16(13)18-19)9-17-14-4-6-20-7-5-14/h11-12,14-15,17H,1-10H2/t15-/m0/s1. The highest BCUT2D eigenvalue weighted by atomic mass is 16.5. The summed E-state index contributed by atoms with van der Waals surface area (Å²) < 4.78 is 13.5. The van der Waals surface area contributed by atoms with Gasteiger partial charge < -0.3 is 14.8 Å². The van der Waals surface area contributed by atoms with Crippen LogP contribution < -0.4 is 5.32 Å². The molecule has 1 N–H and O–H groups in total. The topological polar surface area (TPSA) is 48.3 Å². The molecule has 1 saturated carbocycles. The summed E-state index contributed by atoms with van der Waals surface area (Å²) in [4.78, 5) is 0. The van der Waals surface area contributed by atoms with Crippen molar-refractivity contribution in [2.75, 3.05) is 26.4 Å². The summed E-state index contributed by atoms with van der Waals surface area (Å²) in [6.07, 6.45) is 8.33. The Morgan fingerprint density at radius 3 is 2.86 bits per heavy atom. The highest BCUT2D eigenvalue weighted by molar-refractivity contribution is 5.22. The van der Waals surface area contributed by atoms with E-state index in [-0.39, 0.29) is 6.10 Å². The molecule has 0 amide bonds. The van der Waals surface area contributed by atoms with Crippen LogP contribution in [0, 0.1) is 5.92 Å². The van der Waals surface area contributed by atoms with Gasteiger partial charge in [0.05, 0.1) is 12.3 Å². The molecule has 1 saturated heterocycles. The Labute approximate surface area is 126 Å². The van der Waals surface area contributed by atoms with Gasteiger partial charge in [-0.2, -0.15) is 5.10 Å². The number of hydrogen-bond acceptors (Lipinski definition) is 4. The predicted octanol–water partition coefficient (Wildman–Crippen LogP) is 1.68. The molecule has 2 fully saturated rings. The van der Waals surface area contributed by atoms with Crippen LogP contribution in [0.15, 0.2) is 6.20 Å². The maximum absolute atomic E-state index is 5.96. The van der Waals surface area contributed by atoms with E-state index < -0.39 is 0 Å². The van der Waals surface area contributed by atoms with Crippen LogP contribution >= 0.6 is 0 Å². The molecule has 116 valence electrons. The summed E-state index contributed by atoms with van der Waals surface area (Å²) in [6.45, 7) is 4.54. The predicted molar refractivity (Wildman–Crippen MR) is 79.2 cm³/mol. The lowest BCUT2D eigenvalue weighted by Crippen LogP contribution is -2.38. The van der Waals surface area contributed by atoms with E-state index in [1.165, 1.54) is 24.1 Å². The number of aromatic nitrogens is 2. The fraction of sp³-hybridized carbons (Fsp3) is 0.812. The Bertz CT molecular complexity index is 478. The number of nitrogens with zero attached hydrogens (tertiary/aromatic N) is 2. The molecule has 3 heterocycles. The van der Waals surface area contributed by atoms with Gasteiger partial charge in [0.2, 0.25) is 0 Å². The quantitative estimate of drug-likeness (QED) is 0.896. The lowest BCUT2D eigenvalue weighted by atomic mass is 10.0. The first kappa shape index (κ1) is 13.7. The first-order valence-corrected chi connectivity index (χ1v) is 8.37. The average molecular weight is 291 g/mol. The Morgan fingerprint density at radius 2 is 2.05 bits per heavy atom. The smallest absolute Gasteiger partial charge is 0.114 e. The van der Waals surface area contributed by atoms with Crippen molar-refractivity contribution in [1.82, 2.24) is 15.1 Å². The van der Waals surface area contributed by atoms with Gasteiger partial charge in [0, 0.05) is 38.5 Å². The number of nitrogens with one attached hydrogen (secondary N) is 1. The summed E-state index contributed by atoms with van der Waals surface area (Å²) in [7, 11) is 0. The molecule has 4 rings (SSSR count). The van der Waals surface area contributed by atoms with Crippen LogP contribution in [-0.4, -0.2) is 42.2 Å². The van der Waals surface area contributed by atoms with Gasteiger partial charge in [-0.05, 0) is 43.6 Å². The van der Waals surface area contributed by atoms with Gasteiger partial charge in [0.15, 0.2) is 0 Å². The molecule has 1 aromatic rings. The fourth-order valence-electron chi connectivity index (χ4n) is 3.32. The Morgan fingerprint density at radius 1 is 1.19 bits per heavy atom. The molecule has 5 nitrogen and oxygen atoms in total. The van der Waals surface area contributed by atoms with E-state index in [1.54, 1.807) is 0 Å². The molecule has 0 radical (unpaired) electrons. The van der Waals surface area contributed by atoms with E-state index in [0.29, 0.717) is 6.04 Å². The normalized spacial score (nSPS) is 26.8. The zero-order valence-corrected chi connectivity index (χ0v) is 12.6. The van der Waals surface area contributed by atoms with Crippen molar-refractivity contribution in [3.63, 3.8) is 0 Å². The van der Waals surface area contributed by atoms with Crippen molar-refractivity contribution < 1.29 is 9.47 Å². The minimum atomic E-state index is 0.122. The summed E-state index contributed by atoms with van der Waals surface area (Å²) >= 11 is 0. The zero-order chi connectivity index (χ0) is 14.1. The van der Waals surface area contributed by atoms with E-state index in [4.69, 9.17) is 14.6 Å². The number of ether oxygens (including phenoxy) is 2. The average Bonchev–Trinajstić information content (AvgIpc) is 3.23. The molecule has 3 aliphatic rings. The molecule has 1 aliphatic carbocycles. The van der Waals surface area contributed by atoms with Crippen molar-refractivity contribution in [3.05, 3.63) is 17.5 Å². The van der Waals surface area contributed by atoms with Gasteiger partial charge in [0.25, 0.3) is 0 Å². The zero-order valence-electron chi connectivity index (χ0n) is 12.6. The van der Waals surface area contributed by atoms with Crippen LogP contribution in [0.4, 0.5) is 0 Å². The Kier molecular flexibility index (Phi) is 3.97. The van der Waals surface area contributed by atoms with Gasteiger partial charge in [-0.3, -0.25) is 4.68 Å². The number of rotatable bonds is 5. The largest absolute Gasteiger partial charge is 0.381 e. The highest BCUT2D eigenvalue weighted by Crippen LogP contribution is 2.32. The molecule has 0 unspecified atom stereocenters. The summed E-state index contributed by atoms with van der Waals surface area (Å²) in [6, 6.07) is 0.571. The molecule has 2 aliphatic heterocycles. The third kappa shape index (κ3) is 3.30. The van der Waals surface area contributed by atoms with Gasteiger partial charge >= 0.3 is 0 Å². The number of hydrogen-bond donors (Lipinski definition) is 1. The van der Waals surface area contributed by atoms with Gasteiger partial charge in [-0.15, -0.1) is 0 Å². The lowest BCUT2D eigenvalue weighted by Gasteiger charge is -2.27. The van der Waals surface area contributed by atoms with E-state index in [1.807, 2.05) is 0 Å². The van der Waals surface area contributed by atoms with Gasteiger partial charge in [-0.1, -0.05) is 0 Å². The van der Waals surface area contributed by atoms with Crippen molar-refractivity contribution in [1.29, 1.82) is 0 Å². The van der Waals surface area contributed by atoms with Crippen LogP contribution in [-0.2, 0) is 22.4 Å². The highest BCUT2D eigenvalue weighted by Gasteiger charge is 2.28. The molecule has 5 heteroatoms. The van der Waals surface area contributed by atoms with Crippen LogP contribution in [0.5, 0.6) is 0 Å². The van der Waals surface area contributed by atoms with Crippen LogP contribution in [0.3, 0.4) is 0 Å². The SMILES string of the molecule is c1c2c(nn1CC1CC1)[C@H](CNC1CCOCC1)OCC2. The number of fused-ring (bicyclic) bond motifs is 1. The minimum absolute atomic E-state index is 0.122. The van der Waals surface area contributed by atoms with E-state index in [0.717, 1.165) is 58.1 Å². The summed E-state index contributed by atoms with van der Waals surface area (Å²) in [5.41, 5.74) is 2.56. The molecule has 0 aromatic carbocycles. The van der Waals surface area contributed by atoms with Crippen molar-refractivity contribution in [2.45, 2.75) is 50.8 Å². The van der Waals surface area contributed by atoms with E-state index >= 15 is 0 Å². The van der Waals surface area contributed by atoms with Crippen molar-refractivity contribution in [2.24, 2.45) is 5.92 Å². The molecule has 0 spiro atoms. The third-order valence-electron chi connectivity index (χ3n) is 4.82. The molecule has 1 aromatic heterocycles.